The van der Waals surface area contributed by atoms with Gasteiger partial charge in [-0.05, 0) is 13.8 Å². The van der Waals surface area contributed by atoms with Crippen LogP contribution in [0.5, 0.6) is 0 Å². The summed E-state index contributed by atoms with van der Waals surface area (Å²) in [6, 6.07) is 20.5. The summed E-state index contributed by atoms with van der Waals surface area (Å²) in [6.45, 7) is 45.5. The smallest absolute Gasteiger partial charge is 0.668 e. The van der Waals surface area contributed by atoms with Crippen molar-refractivity contribution in [1.82, 2.24) is 0 Å². The van der Waals surface area contributed by atoms with Gasteiger partial charge in [0.1, 0.15) is 0 Å². The van der Waals surface area contributed by atoms with Gasteiger partial charge in [-0.3, -0.25) is 0 Å². The summed E-state index contributed by atoms with van der Waals surface area (Å²) >= 11 is 0. The minimum absolute atomic E-state index is 0. The second-order valence-electron chi connectivity index (χ2n) is 16.7. The van der Waals surface area contributed by atoms with E-state index in [0.717, 1.165) is 0 Å². The van der Waals surface area contributed by atoms with Crippen LogP contribution in [0.3, 0.4) is 0 Å². The standard InChI is InChI=1S/2C7H8.3C6H18NSi2.K.Mg/c2*1-7-5-3-2-4-6-7;3*1-8(2,3)7-9(4,5)6;;/h2*2-6H,1H3;3*1-6H3;;/q;;3*-1;+1;+2. The predicted octanol–water partition coefficient (Wildman–Crippen LogP) is 9.70. The Balaban J connectivity index is -0.000000139. The molecule has 0 aliphatic heterocycles. The molecule has 0 radical (unpaired) electrons. The van der Waals surface area contributed by atoms with Gasteiger partial charge in [0, 0.05) is 0 Å². The Kier molecular flexibility index (Phi) is 31.7. The van der Waals surface area contributed by atoms with Crippen LogP contribution in [0.15, 0.2) is 60.7 Å². The van der Waals surface area contributed by atoms with E-state index in [9.17, 15) is 0 Å². The number of hydrogen-bond donors (Lipinski definition) is 0. The quantitative estimate of drug-likeness (QED) is 0.266. The average molecular weight is 729 g/mol. The first-order chi connectivity index (χ1) is 17.9. The third-order valence-corrected chi connectivity index (χ3v) is 20.0. The van der Waals surface area contributed by atoms with Crippen molar-refractivity contribution in [2.75, 3.05) is 0 Å². The van der Waals surface area contributed by atoms with Crippen molar-refractivity contribution >= 4 is 72.5 Å². The molecular formula is C32H70KMgN3Si6. The molecule has 0 fully saturated rings. The fourth-order valence-corrected chi connectivity index (χ4v) is 28.2. The van der Waals surface area contributed by atoms with Crippen molar-refractivity contribution < 1.29 is 51.4 Å². The molecule has 0 spiro atoms. The van der Waals surface area contributed by atoms with Crippen LogP contribution in [0.1, 0.15) is 11.1 Å². The van der Waals surface area contributed by atoms with Crippen LogP contribution < -0.4 is 51.4 Å². The molecule has 43 heavy (non-hydrogen) atoms. The molecule has 240 valence electrons. The zero-order chi connectivity index (χ0) is 33.3. The molecule has 0 unspecified atom stereocenters. The molecule has 11 heteroatoms. The first-order valence-corrected chi connectivity index (χ1v) is 35.8. The molecule has 0 saturated heterocycles. The average Bonchev–Trinajstić information content (AvgIpc) is 2.62. The van der Waals surface area contributed by atoms with Crippen LogP contribution in [0.25, 0.3) is 13.9 Å². The van der Waals surface area contributed by atoms with Gasteiger partial charge < -0.3 is 13.9 Å². The molecule has 0 aromatic heterocycles. The number of nitrogens with zero attached hydrogens (tertiary/aromatic N) is 3. The van der Waals surface area contributed by atoms with Gasteiger partial charge >= 0.3 is 74.4 Å². The fraction of sp³-hybridized carbons (Fsp3) is 0.625. The summed E-state index contributed by atoms with van der Waals surface area (Å²) in [7, 11) is -6.64. The summed E-state index contributed by atoms with van der Waals surface area (Å²) in [5.74, 6) is 0. The minimum Gasteiger partial charge on any atom is -0.668 e. The molecule has 0 aliphatic carbocycles. The van der Waals surface area contributed by atoms with Gasteiger partial charge in [0.05, 0.1) is 0 Å². The third kappa shape index (κ3) is 59.9. The molecule has 0 N–H and O–H groups in total. The second kappa shape index (κ2) is 25.1. The molecule has 0 atom stereocenters. The number of rotatable bonds is 6. The topological polar surface area (TPSA) is 42.3 Å². The molecule has 0 saturated carbocycles. The minimum atomic E-state index is -1.11. The van der Waals surface area contributed by atoms with Gasteiger partial charge in [-0.25, -0.2) is 0 Å². The summed E-state index contributed by atoms with van der Waals surface area (Å²) in [5, 5.41) is 0. The monoisotopic (exact) mass is 727 g/mol. The van der Waals surface area contributed by atoms with E-state index in [1.165, 1.54) is 11.1 Å². The maximum absolute atomic E-state index is 4.82. The summed E-state index contributed by atoms with van der Waals surface area (Å²) in [4.78, 5) is 0. The largest absolute Gasteiger partial charge is 2.00 e. The van der Waals surface area contributed by atoms with Crippen LogP contribution in [-0.4, -0.2) is 72.5 Å². The van der Waals surface area contributed by atoms with Crippen molar-refractivity contribution in [2.45, 2.75) is 132 Å². The second-order valence-corrected chi connectivity index (χ2v) is 45.4. The molecule has 3 nitrogen and oxygen atoms in total. The first kappa shape index (κ1) is 54.5. The summed E-state index contributed by atoms with van der Waals surface area (Å²) in [6.07, 6.45) is 0. The Morgan fingerprint density at radius 2 is 0.465 bits per heavy atom. The fourth-order valence-electron chi connectivity index (χ4n) is 4.09. The van der Waals surface area contributed by atoms with Crippen molar-refractivity contribution in [3.63, 3.8) is 0 Å². The number of benzene rings is 2. The van der Waals surface area contributed by atoms with E-state index < -0.39 is 49.4 Å². The predicted molar refractivity (Wildman–Crippen MR) is 218 cm³/mol. The van der Waals surface area contributed by atoms with Crippen LogP contribution in [-0.2, 0) is 0 Å². The van der Waals surface area contributed by atoms with E-state index in [4.69, 9.17) is 13.9 Å². The molecule has 2 rings (SSSR count). The Labute approximate surface area is 336 Å². The van der Waals surface area contributed by atoms with Gasteiger partial charge in [-0.15, -0.1) is 0 Å². The van der Waals surface area contributed by atoms with Gasteiger partial charge in [-0.2, -0.15) is 0 Å². The van der Waals surface area contributed by atoms with Crippen molar-refractivity contribution in [1.29, 1.82) is 0 Å². The van der Waals surface area contributed by atoms with Crippen LogP contribution in [0, 0.1) is 13.8 Å². The zero-order valence-corrected chi connectivity index (χ0v) is 43.4. The Morgan fingerprint density at radius 3 is 0.512 bits per heavy atom. The maximum Gasteiger partial charge on any atom is 2.00 e. The Morgan fingerprint density at radius 1 is 0.326 bits per heavy atom. The van der Waals surface area contributed by atoms with Crippen LogP contribution in [0.4, 0.5) is 0 Å². The van der Waals surface area contributed by atoms with E-state index in [1.54, 1.807) is 0 Å². The molecular weight excluding hydrogens is 658 g/mol. The van der Waals surface area contributed by atoms with E-state index in [2.05, 4.69) is 156 Å². The maximum atomic E-state index is 4.82. The van der Waals surface area contributed by atoms with Crippen molar-refractivity contribution in [3.05, 3.63) is 85.7 Å². The summed E-state index contributed by atoms with van der Waals surface area (Å²) in [5.41, 5.74) is 2.64. The van der Waals surface area contributed by atoms with Crippen LogP contribution in [0.2, 0.25) is 118 Å². The van der Waals surface area contributed by atoms with E-state index in [-0.39, 0.29) is 74.4 Å². The number of aryl methyl sites for hydroxylation is 2. The van der Waals surface area contributed by atoms with Gasteiger partial charge in [0.15, 0.2) is 0 Å². The van der Waals surface area contributed by atoms with Gasteiger partial charge in [0.2, 0.25) is 0 Å². The normalized spacial score (nSPS) is 11.6. The molecule has 2 aromatic rings. The SMILES string of the molecule is C[Si](C)(C)[N-][Si](C)(C)C.C[Si](C)(C)[N-][Si](C)(C)C.C[Si](C)(C)[N-][Si](C)(C)C.Cc1ccccc1.Cc1ccccc1.[K+].[Mg+2]. The third-order valence-electron chi connectivity index (χ3n) is 3.89. The first-order valence-electron chi connectivity index (χ1n) is 15.2. The van der Waals surface area contributed by atoms with E-state index in [1.807, 2.05) is 36.4 Å². The van der Waals surface area contributed by atoms with Gasteiger partial charge in [0.25, 0.3) is 0 Å². The summed E-state index contributed by atoms with van der Waals surface area (Å²) < 4.78 is 14.5. The molecule has 0 heterocycles. The van der Waals surface area contributed by atoms with Crippen molar-refractivity contribution in [2.24, 2.45) is 0 Å². The molecule has 0 bridgehead atoms. The van der Waals surface area contributed by atoms with Gasteiger partial charge in [-0.1, -0.05) is 239 Å². The Hall–Kier alpha value is 2.02. The number of hydrogen-bond acceptors (Lipinski definition) is 0. The Bertz CT molecular complexity index is 761. The van der Waals surface area contributed by atoms with E-state index in [0.29, 0.717) is 0 Å². The molecule has 0 aliphatic rings. The van der Waals surface area contributed by atoms with Crippen molar-refractivity contribution in [3.8, 4) is 0 Å². The van der Waals surface area contributed by atoms with E-state index >= 15 is 0 Å². The molecule has 0 amide bonds. The van der Waals surface area contributed by atoms with Crippen LogP contribution >= 0.6 is 0 Å². The molecule has 2 aromatic carbocycles. The zero-order valence-electron chi connectivity index (χ0n) is 32.8.